The van der Waals surface area contributed by atoms with Crippen molar-refractivity contribution < 1.29 is 19.4 Å². The lowest BCUT2D eigenvalue weighted by Crippen LogP contribution is -2.35. The van der Waals surface area contributed by atoms with Crippen molar-refractivity contribution in [1.82, 2.24) is 10.2 Å². The Morgan fingerprint density at radius 2 is 1.97 bits per heavy atom. The van der Waals surface area contributed by atoms with Crippen molar-refractivity contribution in [2.45, 2.75) is 45.1 Å². The quantitative estimate of drug-likeness (QED) is 0.454. The lowest BCUT2D eigenvalue weighted by atomic mass is 9.91. The van der Waals surface area contributed by atoms with E-state index in [9.17, 15) is 14.7 Å². The van der Waals surface area contributed by atoms with E-state index in [1.165, 1.54) is 0 Å². The van der Waals surface area contributed by atoms with Gasteiger partial charge in [-0.3, -0.25) is 9.59 Å². The minimum atomic E-state index is -1.19. The summed E-state index contributed by atoms with van der Waals surface area (Å²) in [6, 6.07) is 12.6. The smallest absolute Gasteiger partial charge is 0.255 e. The second-order valence-corrected chi connectivity index (χ2v) is 9.84. The van der Waals surface area contributed by atoms with Gasteiger partial charge in [-0.15, -0.1) is 0 Å². The third-order valence-corrected chi connectivity index (χ3v) is 7.15. The minimum Gasteiger partial charge on any atom is -0.497 e. The number of carbonyl (C=O) groups is 2. The second-order valence-electron chi connectivity index (χ2n) is 9.43. The Hall–Kier alpha value is -2.77. The van der Waals surface area contributed by atoms with Crippen molar-refractivity contribution in [3.63, 3.8) is 0 Å². The van der Waals surface area contributed by atoms with Crippen molar-refractivity contribution in [2.75, 3.05) is 45.2 Å². The number of anilines is 1. The fraction of sp³-hybridized carbons (Fsp3) is 0.500. The fourth-order valence-electron chi connectivity index (χ4n) is 4.59. The highest BCUT2D eigenvalue weighted by Crippen LogP contribution is 2.29. The molecule has 2 aromatic rings. The van der Waals surface area contributed by atoms with Gasteiger partial charge >= 0.3 is 0 Å². The largest absolute Gasteiger partial charge is 0.497 e. The molecule has 3 rings (SSSR count). The van der Waals surface area contributed by atoms with Crippen LogP contribution in [0, 0.1) is 5.92 Å². The monoisotopic (exact) mass is 515 g/mol. The van der Waals surface area contributed by atoms with E-state index in [1.54, 1.807) is 43.3 Å². The van der Waals surface area contributed by atoms with Crippen LogP contribution in [0.1, 0.15) is 61.1 Å². The maximum atomic E-state index is 12.7. The van der Waals surface area contributed by atoms with E-state index in [1.807, 2.05) is 25.1 Å². The normalized spacial score (nSPS) is 14.9. The number of piperidine rings is 1. The van der Waals surface area contributed by atoms with Crippen molar-refractivity contribution in [3.8, 4) is 5.75 Å². The number of benzene rings is 2. The summed E-state index contributed by atoms with van der Waals surface area (Å²) < 4.78 is 5.18. The number of amides is 2. The van der Waals surface area contributed by atoms with Gasteiger partial charge < -0.3 is 25.0 Å². The Morgan fingerprint density at radius 1 is 1.22 bits per heavy atom. The summed E-state index contributed by atoms with van der Waals surface area (Å²) in [6.07, 6.45) is 3.77. The molecule has 8 heteroatoms. The molecule has 7 nitrogen and oxygen atoms in total. The van der Waals surface area contributed by atoms with Crippen LogP contribution in [0.15, 0.2) is 42.5 Å². The summed E-state index contributed by atoms with van der Waals surface area (Å²) in [5, 5.41) is 13.8. The molecule has 36 heavy (non-hydrogen) atoms. The summed E-state index contributed by atoms with van der Waals surface area (Å²) >= 11 is 6.41. The molecule has 2 amide bonds. The van der Waals surface area contributed by atoms with Crippen LogP contribution >= 0.6 is 11.6 Å². The van der Waals surface area contributed by atoms with Gasteiger partial charge in [0.15, 0.2) is 6.10 Å². The van der Waals surface area contributed by atoms with Gasteiger partial charge in [-0.2, -0.15) is 0 Å². The number of likely N-dealkylation sites (N-methyl/N-ethyl adjacent to an activating group) is 1. The Balaban J connectivity index is 1.42. The van der Waals surface area contributed by atoms with E-state index in [0.29, 0.717) is 40.9 Å². The van der Waals surface area contributed by atoms with Crippen LogP contribution in [0.3, 0.4) is 0 Å². The lowest BCUT2D eigenvalue weighted by Gasteiger charge is -2.34. The number of methoxy groups -OCH3 is 1. The highest BCUT2D eigenvalue weighted by atomic mass is 35.5. The first kappa shape index (κ1) is 27.8. The summed E-state index contributed by atoms with van der Waals surface area (Å²) in [5.74, 6) is 0.778. The van der Waals surface area contributed by atoms with E-state index in [-0.39, 0.29) is 11.8 Å². The molecule has 1 unspecified atom stereocenters. The zero-order chi connectivity index (χ0) is 26.1. The second kappa shape index (κ2) is 13.5. The van der Waals surface area contributed by atoms with Gasteiger partial charge in [0.25, 0.3) is 11.8 Å². The van der Waals surface area contributed by atoms with Crippen LogP contribution in [0.5, 0.6) is 5.75 Å². The average molecular weight is 516 g/mol. The van der Waals surface area contributed by atoms with Crippen LogP contribution in [-0.2, 0) is 4.79 Å². The zero-order valence-electron chi connectivity index (χ0n) is 21.5. The molecule has 1 saturated heterocycles. The molecule has 1 heterocycles. The predicted octanol–water partition coefficient (Wildman–Crippen LogP) is 4.68. The van der Waals surface area contributed by atoms with Crippen LogP contribution in [0.25, 0.3) is 0 Å². The molecule has 0 aliphatic carbocycles. The van der Waals surface area contributed by atoms with E-state index in [0.717, 1.165) is 50.9 Å². The van der Waals surface area contributed by atoms with Gasteiger partial charge in [0.05, 0.1) is 17.7 Å². The Labute approximate surface area is 219 Å². The maximum absolute atomic E-state index is 12.7. The van der Waals surface area contributed by atoms with Gasteiger partial charge in [0.1, 0.15) is 5.75 Å². The first-order valence-electron chi connectivity index (χ1n) is 12.7. The Bertz CT molecular complexity index is 1020. The molecular formula is C28H38ClN3O4. The number of carbonyl (C=O) groups excluding carboxylic acids is 2. The third-order valence-electron chi connectivity index (χ3n) is 6.84. The van der Waals surface area contributed by atoms with E-state index in [2.05, 4.69) is 10.2 Å². The van der Waals surface area contributed by atoms with Crippen molar-refractivity contribution >= 4 is 29.1 Å². The average Bonchev–Trinajstić information content (AvgIpc) is 2.91. The van der Waals surface area contributed by atoms with Gasteiger partial charge in [-0.25, -0.2) is 0 Å². The van der Waals surface area contributed by atoms with Gasteiger partial charge in [-0.05, 0) is 73.9 Å². The van der Waals surface area contributed by atoms with Crippen LogP contribution in [0.4, 0.5) is 5.69 Å². The number of ether oxygens (including phenoxy) is 1. The number of aliphatic hydroxyl groups excluding tert-OH is 1. The first-order chi connectivity index (χ1) is 17.3. The molecule has 1 fully saturated rings. The number of aliphatic hydroxyl groups is 1. The highest BCUT2D eigenvalue weighted by Gasteiger charge is 2.23. The molecule has 0 bridgehead atoms. The topological polar surface area (TPSA) is 82.1 Å². The van der Waals surface area contributed by atoms with Crippen LogP contribution in [-0.4, -0.2) is 62.2 Å². The molecule has 0 radical (unpaired) electrons. The van der Waals surface area contributed by atoms with Gasteiger partial charge in [0.2, 0.25) is 0 Å². The summed E-state index contributed by atoms with van der Waals surface area (Å²) in [6.45, 7) is 5.13. The molecule has 1 atom stereocenters. The van der Waals surface area contributed by atoms with Crippen molar-refractivity contribution in [1.29, 1.82) is 0 Å². The van der Waals surface area contributed by atoms with E-state index in [4.69, 9.17) is 16.3 Å². The molecule has 1 aliphatic heterocycles. The molecule has 2 aromatic carbocycles. The van der Waals surface area contributed by atoms with E-state index < -0.39 is 6.10 Å². The molecule has 0 spiro atoms. The summed E-state index contributed by atoms with van der Waals surface area (Å²) in [4.78, 5) is 28.8. The maximum Gasteiger partial charge on any atom is 0.255 e. The van der Waals surface area contributed by atoms with Crippen molar-refractivity contribution in [3.05, 3.63) is 58.6 Å². The number of halogens is 1. The Morgan fingerprint density at radius 3 is 2.64 bits per heavy atom. The fourth-order valence-corrected chi connectivity index (χ4v) is 4.85. The van der Waals surface area contributed by atoms with Crippen LogP contribution < -0.4 is 15.0 Å². The molecule has 2 N–H and O–H groups in total. The van der Waals surface area contributed by atoms with Crippen molar-refractivity contribution in [2.24, 2.45) is 5.92 Å². The molecule has 0 saturated carbocycles. The Kier molecular flexibility index (Phi) is 10.4. The summed E-state index contributed by atoms with van der Waals surface area (Å²) in [7, 11) is 3.30. The van der Waals surface area contributed by atoms with Gasteiger partial charge in [-0.1, -0.05) is 30.7 Å². The SMILES string of the molecule is CCCNC(=O)c1ccc(N2CCC(CCCN(C)C(=O)C(O)c3cccc(OC)c3)CC2)cc1Cl. The number of nitrogens with zero attached hydrogens (tertiary/aromatic N) is 2. The molecular weight excluding hydrogens is 478 g/mol. The number of rotatable bonds is 11. The summed E-state index contributed by atoms with van der Waals surface area (Å²) in [5.41, 5.74) is 2.09. The number of hydrogen-bond acceptors (Lipinski definition) is 5. The first-order valence-corrected chi connectivity index (χ1v) is 13.1. The standard InChI is InChI=1S/C28H38ClN3O4/c1-4-14-30-27(34)24-11-10-22(19-25(24)29)32-16-12-20(13-17-32)7-6-15-31(2)28(35)26(33)21-8-5-9-23(18-21)36-3/h5,8-11,18-20,26,33H,4,6-7,12-17H2,1-3H3,(H,30,34). The zero-order valence-corrected chi connectivity index (χ0v) is 22.3. The third kappa shape index (κ3) is 7.37. The van der Waals surface area contributed by atoms with E-state index >= 15 is 0 Å². The molecule has 196 valence electrons. The molecule has 0 aromatic heterocycles. The van der Waals surface area contributed by atoms with Crippen LogP contribution in [0.2, 0.25) is 5.02 Å². The lowest BCUT2D eigenvalue weighted by molar-refractivity contribution is -0.139. The highest BCUT2D eigenvalue weighted by molar-refractivity contribution is 6.34. The predicted molar refractivity (Wildman–Crippen MR) is 144 cm³/mol. The van der Waals surface area contributed by atoms with Gasteiger partial charge in [0, 0.05) is 38.9 Å². The number of nitrogens with one attached hydrogen (secondary N) is 1. The minimum absolute atomic E-state index is 0.133. The molecule has 1 aliphatic rings. The number of hydrogen-bond donors (Lipinski definition) is 2.